The highest BCUT2D eigenvalue weighted by molar-refractivity contribution is 5.89. The lowest BCUT2D eigenvalue weighted by Crippen LogP contribution is -2.36. The Morgan fingerprint density at radius 2 is 1.78 bits per heavy atom. The van der Waals surface area contributed by atoms with Gasteiger partial charge in [0.15, 0.2) is 5.78 Å². The van der Waals surface area contributed by atoms with Gasteiger partial charge in [0, 0.05) is 5.41 Å². The molecule has 3 heteroatoms. The molecule has 1 aromatic rings. The van der Waals surface area contributed by atoms with Crippen LogP contribution in [0, 0.1) is 12.3 Å². The smallest absolute Gasteiger partial charge is 0.224 e. The van der Waals surface area contributed by atoms with Crippen LogP contribution in [0.4, 0.5) is 0 Å². The van der Waals surface area contributed by atoms with Crippen molar-refractivity contribution in [3.05, 3.63) is 35.4 Å². The maximum atomic E-state index is 11.7. The maximum Gasteiger partial charge on any atom is 0.224 e. The minimum absolute atomic E-state index is 0.0423. The second kappa shape index (κ2) is 5.80. The van der Waals surface area contributed by atoms with Gasteiger partial charge in [-0.25, -0.2) is 0 Å². The Bertz CT molecular complexity index is 444. The molecule has 0 aliphatic heterocycles. The van der Waals surface area contributed by atoms with Crippen molar-refractivity contribution in [2.24, 2.45) is 5.41 Å². The Balaban J connectivity index is 2.49. The Kier molecular flexibility index (Phi) is 4.65. The summed E-state index contributed by atoms with van der Waals surface area (Å²) in [7, 11) is 0. The van der Waals surface area contributed by atoms with Crippen LogP contribution in [0.15, 0.2) is 24.3 Å². The summed E-state index contributed by atoms with van der Waals surface area (Å²) in [6.07, 6.45) is 0.324. The SMILES string of the molecule is Cc1ccccc1CC(=O)NCC(=O)C(C)(C)C. The number of carbonyl (C=O) groups is 2. The van der Waals surface area contributed by atoms with Crippen molar-refractivity contribution < 1.29 is 9.59 Å². The molecule has 3 nitrogen and oxygen atoms in total. The monoisotopic (exact) mass is 247 g/mol. The summed E-state index contributed by atoms with van der Waals surface area (Å²) in [5, 5.41) is 2.68. The summed E-state index contributed by atoms with van der Waals surface area (Å²) in [5.41, 5.74) is 1.68. The van der Waals surface area contributed by atoms with Crippen LogP contribution >= 0.6 is 0 Å². The highest BCUT2D eigenvalue weighted by Gasteiger charge is 2.21. The van der Waals surface area contributed by atoms with E-state index in [1.807, 2.05) is 52.0 Å². The van der Waals surface area contributed by atoms with E-state index in [0.717, 1.165) is 11.1 Å². The predicted molar refractivity (Wildman–Crippen MR) is 72.4 cm³/mol. The van der Waals surface area contributed by atoms with Crippen molar-refractivity contribution >= 4 is 11.7 Å². The molecule has 0 atom stereocenters. The van der Waals surface area contributed by atoms with Gasteiger partial charge in [-0.15, -0.1) is 0 Å². The van der Waals surface area contributed by atoms with Crippen LogP contribution in [0.1, 0.15) is 31.9 Å². The number of rotatable bonds is 4. The van der Waals surface area contributed by atoms with Gasteiger partial charge in [0.2, 0.25) is 5.91 Å². The van der Waals surface area contributed by atoms with Gasteiger partial charge < -0.3 is 5.32 Å². The van der Waals surface area contributed by atoms with Gasteiger partial charge in [0.1, 0.15) is 0 Å². The van der Waals surface area contributed by atoms with E-state index in [-0.39, 0.29) is 18.2 Å². The molecule has 98 valence electrons. The van der Waals surface area contributed by atoms with Crippen molar-refractivity contribution in [3.8, 4) is 0 Å². The summed E-state index contributed by atoms with van der Waals surface area (Å²) >= 11 is 0. The summed E-state index contributed by atoms with van der Waals surface area (Å²) in [5.74, 6) is -0.0671. The number of Topliss-reactive ketones (excluding diaryl/α,β-unsaturated/α-hetero) is 1. The van der Waals surface area contributed by atoms with Crippen molar-refractivity contribution in [1.82, 2.24) is 5.32 Å². The Morgan fingerprint density at radius 1 is 1.17 bits per heavy atom. The molecular formula is C15H21NO2. The quantitative estimate of drug-likeness (QED) is 0.887. The molecule has 0 bridgehead atoms. The number of ketones is 1. The maximum absolute atomic E-state index is 11.7. The van der Waals surface area contributed by atoms with Gasteiger partial charge in [-0.05, 0) is 18.1 Å². The van der Waals surface area contributed by atoms with E-state index in [1.165, 1.54) is 0 Å². The van der Waals surface area contributed by atoms with Crippen molar-refractivity contribution in [2.75, 3.05) is 6.54 Å². The highest BCUT2D eigenvalue weighted by Crippen LogP contribution is 2.13. The standard InChI is InChI=1S/C15H21NO2/c1-11-7-5-6-8-12(11)9-14(18)16-10-13(17)15(2,3)4/h5-8H,9-10H2,1-4H3,(H,16,18). The van der Waals surface area contributed by atoms with Crippen LogP contribution in [0.2, 0.25) is 0 Å². The summed E-state index contributed by atoms with van der Waals surface area (Å²) in [6, 6.07) is 7.76. The minimum atomic E-state index is -0.407. The molecule has 0 heterocycles. The van der Waals surface area contributed by atoms with E-state index < -0.39 is 5.41 Å². The molecule has 0 aromatic heterocycles. The van der Waals surface area contributed by atoms with E-state index in [0.29, 0.717) is 6.42 Å². The Hall–Kier alpha value is -1.64. The third kappa shape index (κ3) is 4.32. The molecule has 1 amide bonds. The lowest BCUT2D eigenvalue weighted by Gasteiger charge is -2.16. The topological polar surface area (TPSA) is 46.2 Å². The molecule has 1 aromatic carbocycles. The van der Waals surface area contributed by atoms with Gasteiger partial charge in [-0.2, -0.15) is 0 Å². The Morgan fingerprint density at radius 3 is 2.33 bits per heavy atom. The van der Waals surface area contributed by atoms with Crippen LogP contribution in [-0.4, -0.2) is 18.2 Å². The van der Waals surface area contributed by atoms with Gasteiger partial charge >= 0.3 is 0 Å². The van der Waals surface area contributed by atoms with Crippen LogP contribution in [0.25, 0.3) is 0 Å². The fraction of sp³-hybridized carbons (Fsp3) is 0.467. The minimum Gasteiger partial charge on any atom is -0.349 e. The molecule has 0 saturated heterocycles. The first-order chi connectivity index (χ1) is 8.30. The zero-order chi connectivity index (χ0) is 13.8. The number of hydrogen-bond acceptors (Lipinski definition) is 2. The first kappa shape index (κ1) is 14.4. The van der Waals surface area contributed by atoms with E-state index in [2.05, 4.69) is 5.32 Å². The first-order valence-electron chi connectivity index (χ1n) is 6.15. The summed E-state index contributed by atoms with van der Waals surface area (Å²) in [6.45, 7) is 7.63. The van der Waals surface area contributed by atoms with E-state index >= 15 is 0 Å². The number of hydrogen-bond donors (Lipinski definition) is 1. The second-order valence-corrected chi connectivity index (χ2v) is 5.55. The van der Waals surface area contributed by atoms with Crippen LogP contribution < -0.4 is 5.32 Å². The summed E-state index contributed by atoms with van der Waals surface area (Å²) in [4.78, 5) is 23.4. The zero-order valence-electron chi connectivity index (χ0n) is 11.5. The first-order valence-corrected chi connectivity index (χ1v) is 6.15. The third-order valence-electron chi connectivity index (χ3n) is 2.89. The largest absolute Gasteiger partial charge is 0.349 e. The summed E-state index contributed by atoms with van der Waals surface area (Å²) < 4.78 is 0. The van der Waals surface area contributed by atoms with Crippen molar-refractivity contribution in [2.45, 2.75) is 34.1 Å². The molecule has 0 saturated carbocycles. The zero-order valence-corrected chi connectivity index (χ0v) is 11.5. The molecule has 0 aliphatic rings. The van der Waals surface area contributed by atoms with Gasteiger partial charge in [-0.3, -0.25) is 9.59 Å². The molecular weight excluding hydrogens is 226 g/mol. The van der Waals surface area contributed by atoms with Gasteiger partial charge in [0.05, 0.1) is 13.0 Å². The fourth-order valence-electron chi connectivity index (χ4n) is 1.49. The average Bonchev–Trinajstić information content (AvgIpc) is 2.27. The molecule has 1 N–H and O–H groups in total. The molecule has 0 spiro atoms. The van der Waals surface area contributed by atoms with Gasteiger partial charge in [0.25, 0.3) is 0 Å². The fourth-order valence-corrected chi connectivity index (χ4v) is 1.49. The normalized spacial score (nSPS) is 11.1. The molecule has 1 rings (SSSR count). The van der Waals surface area contributed by atoms with Crippen molar-refractivity contribution in [3.63, 3.8) is 0 Å². The number of aryl methyl sites for hydroxylation is 1. The van der Waals surface area contributed by atoms with Crippen LogP contribution in [0.3, 0.4) is 0 Å². The van der Waals surface area contributed by atoms with Crippen LogP contribution in [-0.2, 0) is 16.0 Å². The van der Waals surface area contributed by atoms with E-state index in [4.69, 9.17) is 0 Å². The number of nitrogens with one attached hydrogen (secondary N) is 1. The number of amides is 1. The van der Waals surface area contributed by atoms with E-state index in [1.54, 1.807) is 0 Å². The van der Waals surface area contributed by atoms with Crippen LogP contribution in [0.5, 0.6) is 0 Å². The molecule has 0 radical (unpaired) electrons. The highest BCUT2D eigenvalue weighted by atomic mass is 16.2. The number of carbonyl (C=O) groups excluding carboxylic acids is 2. The molecule has 0 fully saturated rings. The van der Waals surface area contributed by atoms with Crippen molar-refractivity contribution in [1.29, 1.82) is 0 Å². The lowest BCUT2D eigenvalue weighted by molar-refractivity contribution is -0.128. The average molecular weight is 247 g/mol. The molecule has 18 heavy (non-hydrogen) atoms. The third-order valence-corrected chi connectivity index (χ3v) is 2.89. The predicted octanol–water partition coefficient (Wildman–Crippen LogP) is 2.27. The molecule has 0 aliphatic carbocycles. The molecule has 0 unspecified atom stereocenters. The number of benzene rings is 1. The second-order valence-electron chi connectivity index (χ2n) is 5.55. The lowest BCUT2D eigenvalue weighted by atomic mass is 9.91. The Labute approximate surface area is 109 Å². The van der Waals surface area contributed by atoms with Gasteiger partial charge in [-0.1, -0.05) is 45.0 Å². The van der Waals surface area contributed by atoms with E-state index in [9.17, 15) is 9.59 Å².